The molecule has 0 fully saturated rings. The number of pyridine rings is 1. The van der Waals surface area contributed by atoms with Gasteiger partial charge in [0.25, 0.3) is 0 Å². The van der Waals surface area contributed by atoms with Gasteiger partial charge in [-0.25, -0.2) is 0 Å². The summed E-state index contributed by atoms with van der Waals surface area (Å²) >= 11 is 6.22. The minimum atomic E-state index is 0.432. The first-order valence-corrected chi connectivity index (χ1v) is 7.08. The fourth-order valence-corrected chi connectivity index (χ4v) is 2.23. The van der Waals surface area contributed by atoms with Gasteiger partial charge < -0.3 is 10.5 Å². The van der Waals surface area contributed by atoms with Gasteiger partial charge in [-0.1, -0.05) is 30.7 Å². The number of rotatable bonds is 5. The normalized spacial score (nSPS) is 10.6. The van der Waals surface area contributed by atoms with E-state index in [1.165, 1.54) is 0 Å². The maximum absolute atomic E-state index is 6.22. The summed E-state index contributed by atoms with van der Waals surface area (Å²) in [6.45, 7) is 4.97. The first-order valence-electron chi connectivity index (χ1n) is 6.70. The molecule has 2 N–H and O–H groups in total. The van der Waals surface area contributed by atoms with E-state index in [0.29, 0.717) is 18.2 Å². The van der Waals surface area contributed by atoms with Gasteiger partial charge in [-0.05, 0) is 37.1 Å². The number of hydrogen-bond donors (Lipinski definition) is 1. The lowest BCUT2D eigenvalue weighted by molar-refractivity contribution is 0.301. The molecule has 0 saturated heterocycles. The summed E-state index contributed by atoms with van der Waals surface area (Å²) < 4.78 is 5.85. The van der Waals surface area contributed by atoms with Gasteiger partial charge in [-0.3, -0.25) is 4.98 Å². The zero-order chi connectivity index (χ0) is 14.5. The number of nitrogens with zero attached hydrogens (tertiary/aromatic N) is 1. The van der Waals surface area contributed by atoms with Crippen LogP contribution in [0.2, 0.25) is 5.02 Å². The van der Waals surface area contributed by atoms with Gasteiger partial charge in [0.15, 0.2) is 0 Å². The number of hydrogen-bond acceptors (Lipinski definition) is 3. The number of halogens is 1. The molecule has 0 unspecified atom stereocenters. The second-order valence-electron chi connectivity index (χ2n) is 4.67. The van der Waals surface area contributed by atoms with Crippen molar-refractivity contribution in [2.75, 3.05) is 0 Å². The second-order valence-corrected chi connectivity index (χ2v) is 5.08. The van der Waals surface area contributed by atoms with Crippen LogP contribution in [0.25, 0.3) is 0 Å². The summed E-state index contributed by atoms with van der Waals surface area (Å²) in [4.78, 5) is 4.48. The third kappa shape index (κ3) is 3.50. The third-order valence-electron chi connectivity index (χ3n) is 3.14. The molecular formula is C16H19ClN2O. The number of aryl methyl sites for hydroxylation is 2. The quantitative estimate of drug-likeness (QED) is 0.914. The van der Waals surface area contributed by atoms with E-state index in [2.05, 4.69) is 11.9 Å². The fraction of sp³-hybridized carbons (Fsp3) is 0.312. The molecule has 0 amide bonds. The monoisotopic (exact) mass is 290 g/mol. The van der Waals surface area contributed by atoms with Crippen molar-refractivity contribution in [3.05, 3.63) is 57.9 Å². The topological polar surface area (TPSA) is 48.1 Å². The molecule has 0 saturated carbocycles. The van der Waals surface area contributed by atoms with E-state index in [1.54, 1.807) is 0 Å². The van der Waals surface area contributed by atoms with Crippen molar-refractivity contribution in [1.82, 2.24) is 4.98 Å². The maximum atomic E-state index is 6.22. The van der Waals surface area contributed by atoms with Gasteiger partial charge in [0, 0.05) is 22.8 Å². The van der Waals surface area contributed by atoms with Crippen molar-refractivity contribution in [2.24, 2.45) is 5.73 Å². The van der Waals surface area contributed by atoms with E-state index in [9.17, 15) is 0 Å². The lowest BCUT2D eigenvalue weighted by atomic mass is 10.1. The molecule has 0 aliphatic carbocycles. The Morgan fingerprint density at radius 3 is 2.70 bits per heavy atom. The lowest BCUT2D eigenvalue weighted by Gasteiger charge is -2.12. The Morgan fingerprint density at radius 2 is 2.05 bits per heavy atom. The van der Waals surface area contributed by atoms with Crippen molar-refractivity contribution >= 4 is 11.6 Å². The first kappa shape index (κ1) is 14.8. The Morgan fingerprint density at radius 1 is 1.25 bits per heavy atom. The number of ether oxygens (including phenoxy) is 1. The number of nitrogens with two attached hydrogens (primary N) is 1. The van der Waals surface area contributed by atoms with Crippen LogP contribution in [0, 0.1) is 6.92 Å². The minimum absolute atomic E-state index is 0.432. The van der Waals surface area contributed by atoms with Gasteiger partial charge in [0.1, 0.15) is 12.4 Å². The van der Waals surface area contributed by atoms with Gasteiger partial charge in [0.05, 0.1) is 5.69 Å². The van der Waals surface area contributed by atoms with E-state index in [0.717, 1.165) is 34.7 Å². The molecule has 2 rings (SSSR count). The van der Waals surface area contributed by atoms with E-state index in [-0.39, 0.29) is 0 Å². The molecule has 106 valence electrons. The van der Waals surface area contributed by atoms with Crippen LogP contribution in [-0.4, -0.2) is 4.98 Å². The molecule has 1 heterocycles. The van der Waals surface area contributed by atoms with E-state index in [4.69, 9.17) is 22.1 Å². The van der Waals surface area contributed by atoms with Crippen LogP contribution < -0.4 is 10.5 Å². The highest BCUT2D eigenvalue weighted by Gasteiger charge is 2.07. The highest BCUT2D eigenvalue weighted by molar-refractivity contribution is 6.31. The van der Waals surface area contributed by atoms with Crippen molar-refractivity contribution < 1.29 is 4.74 Å². The molecule has 1 aromatic carbocycles. The Hall–Kier alpha value is -1.58. The Bertz CT molecular complexity index is 599. The minimum Gasteiger partial charge on any atom is -0.487 e. The van der Waals surface area contributed by atoms with Gasteiger partial charge in [-0.15, -0.1) is 0 Å². The van der Waals surface area contributed by atoms with Crippen LogP contribution in [0.4, 0.5) is 0 Å². The Labute approximate surface area is 124 Å². The van der Waals surface area contributed by atoms with E-state index >= 15 is 0 Å². The van der Waals surface area contributed by atoms with Gasteiger partial charge in [-0.2, -0.15) is 0 Å². The Balaban J connectivity index is 2.12. The second kappa shape index (κ2) is 6.73. The van der Waals surface area contributed by atoms with Gasteiger partial charge >= 0.3 is 0 Å². The third-order valence-corrected chi connectivity index (χ3v) is 3.49. The van der Waals surface area contributed by atoms with E-state index in [1.807, 2.05) is 37.3 Å². The summed E-state index contributed by atoms with van der Waals surface area (Å²) in [6.07, 6.45) is 0.844. The molecule has 4 heteroatoms. The van der Waals surface area contributed by atoms with Crippen LogP contribution >= 0.6 is 11.6 Å². The SMILES string of the molecule is CCc1nc(C)ccc1OCc1ccc(CN)cc1Cl. The lowest BCUT2D eigenvalue weighted by Crippen LogP contribution is -2.02. The summed E-state index contributed by atoms with van der Waals surface area (Å²) in [6, 6.07) is 9.72. The largest absolute Gasteiger partial charge is 0.487 e. The van der Waals surface area contributed by atoms with Crippen molar-refractivity contribution in [2.45, 2.75) is 33.4 Å². The molecule has 0 aliphatic heterocycles. The van der Waals surface area contributed by atoms with Gasteiger partial charge in [0.2, 0.25) is 0 Å². The maximum Gasteiger partial charge on any atom is 0.141 e. The molecule has 0 radical (unpaired) electrons. The molecule has 0 atom stereocenters. The predicted octanol–water partition coefficient (Wildman–Crippen LogP) is 3.64. The van der Waals surface area contributed by atoms with E-state index < -0.39 is 0 Å². The molecule has 1 aromatic heterocycles. The first-order chi connectivity index (χ1) is 9.63. The highest BCUT2D eigenvalue weighted by atomic mass is 35.5. The van der Waals surface area contributed by atoms with Crippen LogP contribution in [0.5, 0.6) is 5.75 Å². The van der Waals surface area contributed by atoms with Crippen LogP contribution in [-0.2, 0) is 19.6 Å². The summed E-state index contributed by atoms with van der Waals surface area (Å²) in [5.41, 5.74) is 9.53. The van der Waals surface area contributed by atoms with Crippen LogP contribution in [0.3, 0.4) is 0 Å². The molecule has 0 aliphatic rings. The van der Waals surface area contributed by atoms with Crippen LogP contribution in [0.15, 0.2) is 30.3 Å². The van der Waals surface area contributed by atoms with Crippen molar-refractivity contribution in [1.29, 1.82) is 0 Å². The highest BCUT2D eigenvalue weighted by Crippen LogP contribution is 2.22. The summed E-state index contributed by atoms with van der Waals surface area (Å²) in [7, 11) is 0. The fourth-order valence-electron chi connectivity index (χ4n) is 1.97. The van der Waals surface area contributed by atoms with Crippen molar-refractivity contribution in [3.8, 4) is 5.75 Å². The smallest absolute Gasteiger partial charge is 0.141 e. The average Bonchev–Trinajstić information content (AvgIpc) is 2.46. The van der Waals surface area contributed by atoms with Crippen LogP contribution in [0.1, 0.15) is 29.4 Å². The Kier molecular flexibility index (Phi) is 4.99. The summed E-state index contributed by atoms with van der Waals surface area (Å²) in [5.74, 6) is 0.817. The zero-order valence-electron chi connectivity index (χ0n) is 11.8. The molecular weight excluding hydrogens is 272 g/mol. The molecule has 0 bridgehead atoms. The predicted molar refractivity (Wildman–Crippen MR) is 82.0 cm³/mol. The molecule has 0 spiro atoms. The standard InChI is InChI=1S/C16H19ClN2O/c1-3-15-16(7-4-11(2)19-15)20-10-13-6-5-12(9-18)8-14(13)17/h4-8H,3,9-10,18H2,1-2H3. The molecule has 20 heavy (non-hydrogen) atoms. The summed E-state index contributed by atoms with van der Waals surface area (Å²) in [5, 5.41) is 0.686. The number of aromatic nitrogens is 1. The number of benzene rings is 1. The zero-order valence-corrected chi connectivity index (χ0v) is 12.6. The average molecular weight is 291 g/mol. The molecule has 2 aromatic rings. The molecule has 3 nitrogen and oxygen atoms in total. The van der Waals surface area contributed by atoms with Crippen molar-refractivity contribution in [3.63, 3.8) is 0 Å².